The standard InChI is InChI=1S/C13H15BrN2O4/c1-15(9-4-6-20-7-5-9)13(17)11-8-10(16(18)19)2-3-12(11)14/h2-3,8-9H,4-7H2,1H3. The first-order chi connectivity index (χ1) is 9.50. The average Bonchev–Trinajstić information content (AvgIpc) is 2.47. The van der Waals surface area contributed by atoms with Gasteiger partial charge < -0.3 is 9.64 Å². The fourth-order valence-electron chi connectivity index (χ4n) is 2.22. The fraction of sp³-hybridized carbons (Fsp3) is 0.462. The summed E-state index contributed by atoms with van der Waals surface area (Å²) in [5.74, 6) is -0.215. The van der Waals surface area contributed by atoms with Gasteiger partial charge in [-0.05, 0) is 34.8 Å². The monoisotopic (exact) mass is 342 g/mol. The summed E-state index contributed by atoms with van der Waals surface area (Å²) in [5, 5.41) is 10.8. The molecule has 1 saturated heterocycles. The Morgan fingerprint density at radius 2 is 2.10 bits per heavy atom. The number of carbonyl (C=O) groups excluding carboxylic acids is 1. The first kappa shape index (κ1) is 14.9. The van der Waals surface area contributed by atoms with Crippen LogP contribution in [0.1, 0.15) is 23.2 Å². The highest BCUT2D eigenvalue weighted by Crippen LogP contribution is 2.25. The van der Waals surface area contributed by atoms with Crippen LogP contribution in [0.3, 0.4) is 0 Å². The second-order valence-corrected chi connectivity index (χ2v) is 5.54. The summed E-state index contributed by atoms with van der Waals surface area (Å²) in [7, 11) is 1.73. The molecule has 0 aliphatic carbocycles. The van der Waals surface area contributed by atoms with Gasteiger partial charge in [-0.2, -0.15) is 0 Å². The van der Waals surface area contributed by atoms with Gasteiger partial charge in [0.15, 0.2) is 0 Å². The van der Waals surface area contributed by atoms with Crippen LogP contribution in [0, 0.1) is 10.1 Å². The Kier molecular flexibility index (Phi) is 4.72. The highest BCUT2D eigenvalue weighted by atomic mass is 79.9. The number of carbonyl (C=O) groups is 1. The molecule has 20 heavy (non-hydrogen) atoms. The highest BCUT2D eigenvalue weighted by Gasteiger charge is 2.25. The zero-order valence-electron chi connectivity index (χ0n) is 11.0. The van der Waals surface area contributed by atoms with E-state index in [1.54, 1.807) is 11.9 Å². The van der Waals surface area contributed by atoms with Crippen molar-refractivity contribution in [1.29, 1.82) is 0 Å². The van der Waals surface area contributed by atoms with E-state index in [0.29, 0.717) is 23.2 Å². The molecule has 0 radical (unpaired) electrons. The van der Waals surface area contributed by atoms with E-state index < -0.39 is 4.92 Å². The van der Waals surface area contributed by atoms with Crippen molar-refractivity contribution in [2.75, 3.05) is 20.3 Å². The maximum Gasteiger partial charge on any atom is 0.270 e. The predicted octanol–water partition coefficient (Wildman–Crippen LogP) is 2.61. The Balaban J connectivity index is 2.23. The predicted molar refractivity (Wildman–Crippen MR) is 76.7 cm³/mol. The van der Waals surface area contributed by atoms with E-state index in [1.807, 2.05) is 0 Å². The van der Waals surface area contributed by atoms with Gasteiger partial charge in [-0.25, -0.2) is 0 Å². The molecule has 1 amide bonds. The van der Waals surface area contributed by atoms with E-state index in [2.05, 4.69) is 15.9 Å². The lowest BCUT2D eigenvalue weighted by Crippen LogP contribution is -2.40. The zero-order chi connectivity index (χ0) is 14.7. The molecule has 6 nitrogen and oxygen atoms in total. The van der Waals surface area contributed by atoms with Crippen LogP contribution in [0.2, 0.25) is 0 Å². The number of non-ortho nitro benzene ring substituents is 1. The molecule has 7 heteroatoms. The molecule has 0 aromatic heterocycles. The largest absolute Gasteiger partial charge is 0.381 e. The van der Waals surface area contributed by atoms with Crippen LogP contribution in [-0.2, 0) is 4.74 Å². The number of halogens is 1. The van der Waals surface area contributed by atoms with Gasteiger partial charge in [-0.15, -0.1) is 0 Å². The minimum absolute atomic E-state index is 0.0862. The summed E-state index contributed by atoms with van der Waals surface area (Å²) in [6.07, 6.45) is 1.57. The maximum absolute atomic E-state index is 12.5. The van der Waals surface area contributed by atoms with Crippen LogP contribution in [-0.4, -0.2) is 42.0 Å². The van der Waals surface area contributed by atoms with E-state index in [1.165, 1.54) is 18.2 Å². The van der Waals surface area contributed by atoms with Crippen LogP contribution in [0.15, 0.2) is 22.7 Å². The van der Waals surface area contributed by atoms with Gasteiger partial charge in [0.2, 0.25) is 0 Å². The van der Waals surface area contributed by atoms with E-state index >= 15 is 0 Å². The molecule has 0 bridgehead atoms. The molecule has 0 saturated carbocycles. The van der Waals surface area contributed by atoms with Crippen LogP contribution < -0.4 is 0 Å². The Morgan fingerprint density at radius 1 is 1.45 bits per heavy atom. The summed E-state index contributed by atoms with van der Waals surface area (Å²) in [4.78, 5) is 24.4. The number of hydrogen-bond acceptors (Lipinski definition) is 4. The molecule has 0 spiro atoms. The lowest BCUT2D eigenvalue weighted by Gasteiger charge is -2.31. The summed E-state index contributed by atoms with van der Waals surface area (Å²) in [6, 6.07) is 4.32. The summed E-state index contributed by atoms with van der Waals surface area (Å²) >= 11 is 3.28. The van der Waals surface area contributed by atoms with Gasteiger partial charge in [-0.1, -0.05) is 0 Å². The smallest absolute Gasteiger partial charge is 0.270 e. The highest BCUT2D eigenvalue weighted by molar-refractivity contribution is 9.10. The lowest BCUT2D eigenvalue weighted by molar-refractivity contribution is -0.384. The summed E-state index contributed by atoms with van der Waals surface area (Å²) in [6.45, 7) is 1.27. The number of nitro groups is 1. The van der Waals surface area contributed by atoms with E-state index in [0.717, 1.165) is 12.8 Å². The molecule has 2 rings (SSSR count). The Morgan fingerprint density at radius 3 is 2.70 bits per heavy atom. The molecule has 0 N–H and O–H groups in total. The number of rotatable bonds is 3. The quantitative estimate of drug-likeness (QED) is 0.625. The first-order valence-corrected chi connectivity index (χ1v) is 7.09. The minimum Gasteiger partial charge on any atom is -0.381 e. The van der Waals surface area contributed by atoms with E-state index in [-0.39, 0.29) is 17.6 Å². The Labute approximate surface area is 125 Å². The number of nitro benzene ring substituents is 1. The van der Waals surface area contributed by atoms with Crippen molar-refractivity contribution >= 4 is 27.5 Å². The molecular formula is C13H15BrN2O4. The molecule has 1 aliphatic rings. The number of ether oxygens (including phenoxy) is 1. The number of benzene rings is 1. The van der Waals surface area contributed by atoms with Gasteiger partial charge in [0.05, 0.1) is 10.5 Å². The van der Waals surface area contributed by atoms with Crippen molar-refractivity contribution < 1.29 is 14.5 Å². The fourth-order valence-corrected chi connectivity index (χ4v) is 2.64. The van der Waals surface area contributed by atoms with Crippen molar-refractivity contribution in [3.05, 3.63) is 38.3 Å². The van der Waals surface area contributed by atoms with Crippen molar-refractivity contribution in [3.63, 3.8) is 0 Å². The van der Waals surface area contributed by atoms with E-state index in [9.17, 15) is 14.9 Å². The van der Waals surface area contributed by atoms with Crippen molar-refractivity contribution in [2.45, 2.75) is 18.9 Å². The molecule has 108 valence electrons. The number of nitrogens with zero attached hydrogens (tertiary/aromatic N) is 2. The second kappa shape index (κ2) is 6.32. The number of amides is 1. The topological polar surface area (TPSA) is 72.7 Å². The normalized spacial score (nSPS) is 15.9. The molecular weight excluding hydrogens is 328 g/mol. The van der Waals surface area contributed by atoms with Crippen molar-refractivity contribution in [3.8, 4) is 0 Å². The molecule has 0 unspecified atom stereocenters. The molecule has 1 heterocycles. The van der Waals surface area contributed by atoms with Gasteiger partial charge >= 0.3 is 0 Å². The first-order valence-electron chi connectivity index (χ1n) is 6.29. The minimum atomic E-state index is -0.502. The van der Waals surface area contributed by atoms with Gasteiger partial charge in [-0.3, -0.25) is 14.9 Å². The molecule has 1 aliphatic heterocycles. The van der Waals surface area contributed by atoms with Gasteiger partial charge in [0, 0.05) is 42.9 Å². The molecule has 1 fully saturated rings. The SMILES string of the molecule is CN(C(=O)c1cc([N+](=O)[O-])ccc1Br)C1CCOCC1. The van der Waals surface area contributed by atoms with E-state index in [4.69, 9.17) is 4.74 Å². The third kappa shape index (κ3) is 3.16. The average molecular weight is 343 g/mol. The van der Waals surface area contributed by atoms with Crippen LogP contribution in [0.4, 0.5) is 5.69 Å². The van der Waals surface area contributed by atoms with Crippen molar-refractivity contribution in [1.82, 2.24) is 4.90 Å². The van der Waals surface area contributed by atoms with Gasteiger partial charge in [0.1, 0.15) is 0 Å². The zero-order valence-corrected chi connectivity index (χ0v) is 12.6. The third-order valence-corrected chi connectivity index (χ3v) is 4.14. The van der Waals surface area contributed by atoms with Crippen LogP contribution in [0.5, 0.6) is 0 Å². The second-order valence-electron chi connectivity index (χ2n) is 4.68. The van der Waals surface area contributed by atoms with Crippen LogP contribution in [0.25, 0.3) is 0 Å². The maximum atomic E-state index is 12.5. The lowest BCUT2D eigenvalue weighted by atomic mass is 10.1. The number of hydrogen-bond donors (Lipinski definition) is 0. The van der Waals surface area contributed by atoms with Gasteiger partial charge in [0.25, 0.3) is 11.6 Å². The van der Waals surface area contributed by atoms with Crippen LogP contribution >= 0.6 is 15.9 Å². The third-order valence-electron chi connectivity index (χ3n) is 3.45. The summed E-state index contributed by atoms with van der Waals surface area (Å²) in [5.41, 5.74) is 0.227. The molecule has 0 atom stereocenters. The summed E-state index contributed by atoms with van der Waals surface area (Å²) < 4.78 is 5.84. The molecule has 1 aromatic carbocycles. The molecule has 1 aromatic rings. The Hall–Kier alpha value is -1.47. The van der Waals surface area contributed by atoms with Crippen molar-refractivity contribution in [2.24, 2.45) is 0 Å². The Bertz CT molecular complexity index is 529.